The highest BCUT2D eigenvalue weighted by Gasteiger charge is 2.24. The molecule has 9 heteroatoms. The molecule has 0 atom stereocenters. The number of rotatable bonds is 4. The molecule has 162 valence electrons. The molecule has 0 aliphatic rings. The highest BCUT2D eigenvalue weighted by atomic mass is 35.5. The van der Waals surface area contributed by atoms with Gasteiger partial charge in [0.2, 0.25) is 0 Å². The molecule has 2 amide bonds. The lowest BCUT2D eigenvalue weighted by molar-refractivity contribution is 0.0697. The molecule has 0 aliphatic heterocycles. The number of nitrogens with one attached hydrogen (secondary N) is 1. The minimum absolute atomic E-state index is 0.0342. The molecule has 3 rings (SSSR count). The average molecular weight is 461 g/mol. The number of benzene rings is 2. The second-order valence-corrected chi connectivity index (χ2v) is 8.86. The van der Waals surface area contributed by atoms with Gasteiger partial charge in [0.15, 0.2) is 0 Å². The van der Waals surface area contributed by atoms with Crippen molar-refractivity contribution in [1.82, 2.24) is 9.78 Å². The smallest absolute Gasteiger partial charge is 0.337 e. The maximum atomic E-state index is 12.9. The molecule has 0 aliphatic carbocycles. The molecule has 7 nitrogen and oxygen atoms in total. The van der Waals surface area contributed by atoms with Crippen molar-refractivity contribution in [2.45, 2.75) is 26.2 Å². The first-order valence-electron chi connectivity index (χ1n) is 9.41. The highest BCUT2D eigenvalue weighted by molar-refractivity contribution is 6.33. The van der Waals surface area contributed by atoms with Crippen molar-refractivity contribution in [3.05, 3.63) is 69.8 Å². The maximum Gasteiger partial charge on any atom is 0.337 e. The van der Waals surface area contributed by atoms with Gasteiger partial charge in [0.05, 0.1) is 22.0 Å². The van der Waals surface area contributed by atoms with Gasteiger partial charge in [-0.05, 0) is 36.4 Å². The summed E-state index contributed by atoms with van der Waals surface area (Å²) in [6, 6.07) is 12.8. The Bertz CT molecular complexity index is 1150. The molecule has 3 aromatic rings. The Hall–Kier alpha value is -3.03. The van der Waals surface area contributed by atoms with Crippen molar-refractivity contribution in [2.75, 3.05) is 17.3 Å². The van der Waals surface area contributed by atoms with Crippen molar-refractivity contribution < 1.29 is 14.7 Å². The Morgan fingerprint density at radius 1 is 1.10 bits per heavy atom. The molecule has 31 heavy (non-hydrogen) atoms. The van der Waals surface area contributed by atoms with Crippen LogP contribution in [0, 0.1) is 0 Å². The lowest BCUT2D eigenvalue weighted by Gasteiger charge is -2.19. The van der Waals surface area contributed by atoms with E-state index in [1.165, 1.54) is 23.1 Å². The third-order valence-electron chi connectivity index (χ3n) is 4.61. The Labute approximate surface area is 190 Å². The monoisotopic (exact) mass is 460 g/mol. The molecule has 0 radical (unpaired) electrons. The Morgan fingerprint density at radius 2 is 1.81 bits per heavy atom. The fourth-order valence-corrected chi connectivity index (χ4v) is 3.30. The molecule has 0 bridgehead atoms. The number of aromatic nitrogens is 2. The summed E-state index contributed by atoms with van der Waals surface area (Å²) in [5, 5.41) is 17.1. The highest BCUT2D eigenvalue weighted by Crippen LogP contribution is 2.29. The number of urea groups is 1. The van der Waals surface area contributed by atoms with E-state index in [9.17, 15) is 9.59 Å². The summed E-state index contributed by atoms with van der Waals surface area (Å²) in [6.07, 6.45) is 0. The van der Waals surface area contributed by atoms with Crippen LogP contribution in [0.3, 0.4) is 0 Å². The van der Waals surface area contributed by atoms with Crippen LogP contribution in [0.5, 0.6) is 0 Å². The minimum atomic E-state index is -1.14. The molecule has 0 saturated heterocycles. The molecule has 2 aromatic carbocycles. The summed E-state index contributed by atoms with van der Waals surface area (Å²) in [5.41, 5.74) is 1.61. The van der Waals surface area contributed by atoms with E-state index in [2.05, 4.69) is 5.32 Å². The zero-order valence-corrected chi connectivity index (χ0v) is 19.0. The lowest BCUT2D eigenvalue weighted by atomic mass is 9.92. The van der Waals surface area contributed by atoms with Crippen LogP contribution in [0.15, 0.2) is 48.5 Å². The van der Waals surface area contributed by atoms with Gasteiger partial charge in [-0.2, -0.15) is 5.10 Å². The van der Waals surface area contributed by atoms with Crippen molar-refractivity contribution in [2.24, 2.45) is 0 Å². The topological polar surface area (TPSA) is 87.5 Å². The Kier molecular flexibility index (Phi) is 6.29. The number of carbonyl (C=O) groups excluding carboxylic acids is 1. The number of aromatic carboxylic acids is 1. The molecule has 0 fully saturated rings. The fraction of sp³-hybridized carbons (Fsp3) is 0.227. The van der Waals surface area contributed by atoms with Gasteiger partial charge >= 0.3 is 12.0 Å². The van der Waals surface area contributed by atoms with Gasteiger partial charge < -0.3 is 10.4 Å². The van der Waals surface area contributed by atoms with E-state index in [1.807, 2.05) is 39.0 Å². The van der Waals surface area contributed by atoms with Crippen molar-refractivity contribution >= 4 is 46.7 Å². The summed E-state index contributed by atoms with van der Waals surface area (Å²) < 4.78 is 1.66. The van der Waals surface area contributed by atoms with E-state index in [4.69, 9.17) is 33.4 Å². The quantitative estimate of drug-likeness (QED) is 0.511. The van der Waals surface area contributed by atoms with E-state index in [-0.39, 0.29) is 16.0 Å². The third-order valence-corrected chi connectivity index (χ3v) is 5.16. The summed E-state index contributed by atoms with van der Waals surface area (Å²) in [5.74, 6) is -0.599. The number of hydrogen-bond donors (Lipinski definition) is 2. The summed E-state index contributed by atoms with van der Waals surface area (Å²) >= 11 is 12.2. The van der Waals surface area contributed by atoms with E-state index < -0.39 is 12.0 Å². The zero-order valence-electron chi connectivity index (χ0n) is 17.5. The van der Waals surface area contributed by atoms with E-state index in [0.717, 1.165) is 5.69 Å². The number of carboxylic acids is 1. The van der Waals surface area contributed by atoms with Crippen LogP contribution < -0.4 is 10.2 Å². The number of nitrogens with zero attached hydrogens (tertiary/aromatic N) is 3. The maximum absolute atomic E-state index is 12.9. The Balaban J connectivity index is 1.95. The van der Waals surface area contributed by atoms with Gasteiger partial charge in [-0.1, -0.05) is 50.0 Å². The van der Waals surface area contributed by atoms with Crippen LogP contribution in [-0.2, 0) is 5.41 Å². The van der Waals surface area contributed by atoms with E-state index in [0.29, 0.717) is 22.2 Å². The number of carbonyl (C=O) groups is 2. The van der Waals surface area contributed by atoms with Gasteiger partial charge in [-0.15, -0.1) is 0 Å². The van der Waals surface area contributed by atoms with Crippen LogP contribution in [0.1, 0.15) is 36.8 Å². The predicted octanol–water partition coefficient (Wildman–Crippen LogP) is 5.84. The molecule has 0 saturated carbocycles. The first-order chi connectivity index (χ1) is 14.5. The van der Waals surface area contributed by atoms with Crippen LogP contribution in [0.25, 0.3) is 5.69 Å². The molecule has 1 heterocycles. The van der Waals surface area contributed by atoms with Crippen molar-refractivity contribution in [3.8, 4) is 5.69 Å². The summed E-state index contributed by atoms with van der Waals surface area (Å²) in [6.45, 7) is 6.11. The van der Waals surface area contributed by atoms with Crippen molar-refractivity contribution in [1.29, 1.82) is 0 Å². The van der Waals surface area contributed by atoms with Crippen molar-refractivity contribution in [3.63, 3.8) is 0 Å². The average Bonchev–Trinajstić information content (AvgIpc) is 3.13. The third kappa shape index (κ3) is 5.00. The normalized spacial score (nSPS) is 11.3. The zero-order chi connectivity index (χ0) is 22.9. The van der Waals surface area contributed by atoms with Crippen LogP contribution in [-0.4, -0.2) is 33.9 Å². The van der Waals surface area contributed by atoms with Gasteiger partial charge in [0.1, 0.15) is 5.82 Å². The Morgan fingerprint density at radius 3 is 2.39 bits per heavy atom. The second-order valence-electron chi connectivity index (χ2n) is 8.02. The number of anilines is 2. The number of carboxylic acid groups (broad SMARTS) is 1. The fourth-order valence-electron chi connectivity index (χ4n) is 2.85. The minimum Gasteiger partial charge on any atom is -0.478 e. The first-order valence-corrected chi connectivity index (χ1v) is 10.2. The van der Waals surface area contributed by atoms with Gasteiger partial charge in [0.25, 0.3) is 0 Å². The summed E-state index contributed by atoms with van der Waals surface area (Å²) in [7, 11) is 1.62. The molecule has 0 unspecified atom stereocenters. The number of halogens is 2. The predicted molar refractivity (Wildman–Crippen MR) is 123 cm³/mol. The molecule has 0 spiro atoms. The van der Waals surface area contributed by atoms with Gasteiger partial charge in [-0.3, -0.25) is 4.90 Å². The molecule has 1 aromatic heterocycles. The number of hydrogen-bond acceptors (Lipinski definition) is 3. The number of amides is 2. The largest absolute Gasteiger partial charge is 0.478 e. The van der Waals surface area contributed by atoms with Crippen LogP contribution in [0.2, 0.25) is 10.0 Å². The van der Waals surface area contributed by atoms with E-state index >= 15 is 0 Å². The molecular weight excluding hydrogens is 439 g/mol. The van der Waals surface area contributed by atoms with E-state index in [1.54, 1.807) is 23.9 Å². The van der Waals surface area contributed by atoms with Crippen LogP contribution >= 0.6 is 23.2 Å². The van der Waals surface area contributed by atoms with Crippen LogP contribution in [0.4, 0.5) is 16.3 Å². The second kappa shape index (κ2) is 8.61. The summed E-state index contributed by atoms with van der Waals surface area (Å²) in [4.78, 5) is 25.5. The standard InChI is InChI=1S/C22H22Cl2N4O3/c1-22(2,3)18-12-19(28(26-18)15-7-5-6-13(23)10-15)27(4)21(31)25-14-8-9-16(20(29)30)17(24)11-14/h5-12H,1-4H3,(H,25,31)(H,29,30). The lowest BCUT2D eigenvalue weighted by Crippen LogP contribution is -2.32. The van der Waals surface area contributed by atoms with Gasteiger partial charge in [-0.25, -0.2) is 14.3 Å². The SMILES string of the molecule is CN(C(=O)Nc1ccc(C(=O)O)c(Cl)c1)c1cc(C(C)(C)C)nn1-c1cccc(Cl)c1. The molecular formula is C22H22Cl2N4O3. The first kappa shape index (κ1) is 22.7. The van der Waals surface area contributed by atoms with Gasteiger partial charge in [0, 0.05) is 29.2 Å². The molecule has 2 N–H and O–H groups in total.